The molecule has 0 N–H and O–H groups in total. The van der Waals surface area contributed by atoms with E-state index in [4.69, 9.17) is 0 Å². The Hall–Kier alpha value is -0.940. The number of hydrogen-bond acceptors (Lipinski definition) is 3. The summed E-state index contributed by atoms with van der Waals surface area (Å²) in [6.45, 7) is 0.757. The SMILES string of the molecule is CN(Cc1cc([N+](=O)[O-])ccc1Br)C1CCCCC1. The van der Waals surface area contributed by atoms with Crippen LogP contribution in [0.1, 0.15) is 37.7 Å². The zero-order valence-corrected chi connectivity index (χ0v) is 12.7. The Morgan fingerprint density at radius 1 is 1.37 bits per heavy atom. The first kappa shape index (κ1) is 14.5. The molecule has 0 aromatic heterocycles. The Morgan fingerprint density at radius 3 is 2.68 bits per heavy atom. The van der Waals surface area contributed by atoms with Gasteiger partial charge in [-0.2, -0.15) is 0 Å². The smallest absolute Gasteiger partial charge is 0.269 e. The van der Waals surface area contributed by atoms with E-state index in [1.807, 2.05) is 0 Å². The van der Waals surface area contributed by atoms with E-state index >= 15 is 0 Å². The van der Waals surface area contributed by atoms with E-state index in [0.29, 0.717) is 6.04 Å². The molecule has 1 saturated carbocycles. The van der Waals surface area contributed by atoms with Gasteiger partial charge in [0.05, 0.1) is 4.92 Å². The average Bonchev–Trinajstić information content (AvgIpc) is 2.42. The van der Waals surface area contributed by atoms with Crippen molar-refractivity contribution < 1.29 is 4.92 Å². The van der Waals surface area contributed by atoms with Crippen LogP contribution in [0.2, 0.25) is 0 Å². The highest BCUT2D eigenvalue weighted by Crippen LogP contribution is 2.27. The molecule has 1 fully saturated rings. The number of benzene rings is 1. The van der Waals surface area contributed by atoms with Gasteiger partial charge in [0.15, 0.2) is 0 Å². The molecule has 5 heteroatoms. The van der Waals surface area contributed by atoms with Gasteiger partial charge in [0, 0.05) is 29.2 Å². The minimum Gasteiger partial charge on any atom is -0.299 e. The summed E-state index contributed by atoms with van der Waals surface area (Å²) < 4.78 is 0.945. The lowest BCUT2D eigenvalue weighted by Crippen LogP contribution is -2.32. The third kappa shape index (κ3) is 3.76. The molecule has 4 nitrogen and oxygen atoms in total. The fraction of sp³-hybridized carbons (Fsp3) is 0.571. The molecule has 1 aliphatic carbocycles. The Kier molecular flexibility index (Phi) is 4.93. The van der Waals surface area contributed by atoms with Gasteiger partial charge >= 0.3 is 0 Å². The molecule has 0 aliphatic heterocycles. The second-order valence-corrected chi connectivity index (χ2v) is 6.09. The van der Waals surface area contributed by atoms with Gasteiger partial charge in [0.2, 0.25) is 0 Å². The van der Waals surface area contributed by atoms with Crippen molar-refractivity contribution in [3.8, 4) is 0 Å². The van der Waals surface area contributed by atoms with Gasteiger partial charge < -0.3 is 0 Å². The van der Waals surface area contributed by atoms with E-state index in [9.17, 15) is 10.1 Å². The van der Waals surface area contributed by atoms with Gasteiger partial charge in [-0.1, -0.05) is 35.2 Å². The molecule has 1 aromatic rings. The highest BCUT2D eigenvalue weighted by molar-refractivity contribution is 9.10. The Morgan fingerprint density at radius 2 is 2.05 bits per heavy atom. The maximum Gasteiger partial charge on any atom is 0.269 e. The molecule has 0 saturated heterocycles. The molecule has 104 valence electrons. The minimum absolute atomic E-state index is 0.162. The molecule has 0 radical (unpaired) electrons. The maximum atomic E-state index is 10.8. The van der Waals surface area contributed by atoms with E-state index in [1.54, 1.807) is 12.1 Å². The summed E-state index contributed by atoms with van der Waals surface area (Å²) >= 11 is 3.48. The molecule has 2 rings (SSSR count). The molecule has 19 heavy (non-hydrogen) atoms. The van der Waals surface area contributed by atoms with Crippen molar-refractivity contribution in [2.75, 3.05) is 7.05 Å². The maximum absolute atomic E-state index is 10.8. The number of non-ortho nitro benzene ring substituents is 1. The molecule has 0 atom stereocenters. The van der Waals surface area contributed by atoms with Crippen molar-refractivity contribution in [2.45, 2.75) is 44.7 Å². The minimum atomic E-state index is -0.337. The lowest BCUT2D eigenvalue weighted by atomic mass is 9.94. The largest absolute Gasteiger partial charge is 0.299 e. The molecule has 0 bridgehead atoms. The van der Waals surface area contributed by atoms with Crippen LogP contribution in [-0.4, -0.2) is 22.9 Å². The number of hydrogen-bond donors (Lipinski definition) is 0. The van der Waals surface area contributed by atoms with Gasteiger partial charge in [0.25, 0.3) is 5.69 Å². The summed E-state index contributed by atoms with van der Waals surface area (Å²) in [5.74, 6) is 0. The van der Waals surface area contributed by atoms with Gasteiger partial charge in [-0.25, -0.2) is 0 Å². The zero-order chi connectivity index (χ0) is 13.8. The van der Waals surface area contributed by atoms with Gasteiger partial charge in [-0.3, -0.25) is 15.0 Å². The number of nitro groups is 1. The monoisotopic (exact) mass is 326 g/mol. The number of nitro benzene ring substituents is 1. The summed E-state index contributed by atoms with van der Waals surface area (Å²) in [5.41, 5.74) is 1.15. The summed E-state index contributed by atoms with van der Waals surface area (Å²) in [4.78, 5) is 12.8. The number of halogens is 1. The molecule has 0 amide bonds. The Labute approximate surface area is 122 Å². The van der Waals surface area contributed by atoms with Crippen LogP contribution in [0.15, 0.2) is 22.7 Å². The summed E-state index contributed by atoms with van der Waals surface area (Å²) in [5, 5.41) is 10.8. The molecule has 0 unspecified atom stereocenters. The van der Waals surface area contributed by atoms with Crippen molar-refractivity contribution in [2.24, 2.45) is 0 Å². The van der Waals surface area contributed by atoms with E-state index < -0.39 is 0 Å². The van der Waals surface area contributed by atoms with Crippen LogP contribution in [0, 0.1) is 10.1 Å². The van der Waals surface area contributed by atoms with Crippen molar-refractivity contribution in [1.29, 1.82) is 0 Å². The molecule has 0 spiro atoms. The lowest BCUT2D eigenvalue weighted by Gasteiger charge is -2.31. The highest BCUT2D eigenvalue weighted by Gasteiger charge is 2.19. The Bertz CT molecular complexity index is 459. The predicted octanol–water partition coefficient (Wildman–Crippen LogP) is 4.12. The number of rotatable bonds is 4. The van der Waals surface area contributed by atoms with Gasteiger partial charge in [-0.15, -0.1) is 0 Å². The zero-order valence-electron chi connectivity index (χ0n) is 11.1. The topological polar surface area (TPSA) is 46.4 Å². The van der Waals surface area contributed by atoms with Crippen LogP contribution in [0.25, 0.3) is 0 Å². The van der Waals surface area contributed by atoms with Gasteiger partial charge in [-0.05, 0) is 31.5 Å². The molecular formula is C14H19BrN2O2. The summed E-state index contributed by atoms with van der Waals surface area (Å²) in [7, 11) is 2.11. The highest BCUT2D eigenvalue weighted by atomic mass is 79.9. The fourth-order valence-corrected chi connectivity index (χ4v) is 3.09. The second kappa shape index (κ2) is 6.48. The normalized spacial score (nSPS) is 16.8. The number of nitrogens with zero attached hydrogens (tertiary/aromatic N) is 2. The fourth-order valence-electron chi connectivity index (χ4n) is 2.72. The first-order valence-electron chi connectivity index (χ1n) is 6.71. The standard InChI is InChI=1S/C14H19BrN2O2/c1-16(12-5-3-2-4-6-12)10-11-9-13(17(18)19)7-8-14(11)15/h7-9,12H,2-6,10H2,1H3. The van der Waals surface area contributed by atoms with Crippen LogP contribution < -0.4 is 0 Å². The summed E-state index contributed by atoms with van der Waals surface area (Å²) in [6, 6.07) is 5.58. The van der Waals surface area contributed by atoms with Crippen molar-refractivity contribution in [3.63, 3.8) is 0 Å². The molecule has 1 aliphatic rings. The van der Waals surface area contributed by atoms with E-state index in [0.717, 1.165) is 16.6 Å². The third-order valence-corrected chi connectivity index (χ3v) is 4.63. The molecule has 1 aromatic carbocycles. The van der Waals surface area contributed by atoms with Crippen LogP contribution in [-0.2, 0) is 6.54 Å². The van der Waals surface area contributed by atoms with E-state index in [2.05, 4.69) is 27.9 Å². The second-order valence-electron chi connectivity index (χ2n) is 5.24. The molecular weight excluding hydrogens is 308 g/mol. The molecule has 0 heterocycles. The quantitative estimate of drug-likeness (QED) is 0.617. The van der Waals surface area contributed by atoms with Crippen LogP contribution in [0.4, 0.5) is 5.69 Å². The van der Waals surface area contributed by atoms with Crippen LogP contribution >= 0.6 is 15.9 Å². The predicted molar refractivity (Wildman–Crippen MR) is 79.1 cm³/mol. The van der Waals surface area contributed by atoms with Crippen molar-refractivity contribution >= 4 is 21.6 Å². The third-order valence-electron chi connectivity index (χ3n) is 3.86. The van der Waals surface area contributed by atoms with Gasteiger partial charge in [0.1, 0.15) is 0 Å². The lowest BCUT2D eigenvalue weighted by molar-refractivity contribution is -0.384. The van der Waals surface area contributed by atoms with E-state index in [1.165, 1.54) is 38.2 Å². The van der Waals surface area contributed by atoms with Crippen LogP contribution in [0.3, 0.4) is 0 Å². The first-order valence-corrected chi connectivity index (χ1v) is 7.50. The van der Waals surface area contributed by atoms with E-state index in [-0.39, 0.29) is 10.6 Å². The Balaban J connectivity index is 2.08. The average molecular weight is 327 g/mol. The van der Waals surface area contributed by atoms with Crippen molar-refractivity contribution in [3.05, 3.63) is 38.3 Å². The summed E-state index contributed by atoms with van der Waals surface area (Å²) in [6.07, 6.45) is 6.41. The van der Waals surface area contributed by atoms with Crippen molar-refractivity contribution in [1.82, 2.24) is 4.90 Å². The van der Waals surface area contributed by atoms with Crippen LogP contribution in [0.5, 0.6) is 0 Å². The first-order chi connectivity index (χ1) is 9.08.